The largest absolute Gasteiger partial charge is 0.354 e. The van der Waals surface area contributed by atoms with Crippen LogP contribution >= 0.6 is 0 Å². The summed E-state index contributed by atoms with van der Waals surface area (Å²) in [6.07, 6.45) is 3.01. The average molecular weight is 422 g/mol. The Bertz CT molecular complexity index is 1150. The van der Waals surface area contributed by atoms with E-state index >= 15 is 0 Å². The van der Waals surface area contributed by atoms with Crippen molar-refractivity contribution in [1.82, 2.24) is 20.1 Å². The van der Waals surface area contributed by atoms with Crippen molar-refractivity contribution in [2.75, 3.05) is 39.3 Å². The molecule has 31 heavy (non-hydrogen) atoms. The molecule has 0 unspecified atom stereocenters. The third-order valence-corrected chi connectivity index (χ3v) is 6.14. The van der Waals surface area contributed by atoms with E-state index in [4.69, 9.17) is 0 Å². The summed E-state index contributed by atoms with van der Waals surface area (Å²) in [5.41, 5.74) is 4.76. The molecule has 2 amide bonds. The third-order valence-electron chi connectivity index (χ3n) is 6.14. The summed E-state index contributed by atoms with van der Waals surface area (Å²) < 4.78 is 27.5. The van der Waals surface area contributed by atoms with Crippen LogP contribution in [0.5, 0.6) is 0 Å². The SMILES string of the molecule is O=C1NCCN1CCN1CC=C(c2c(-c3ccc(F)cc3)[nH]c3ccc(F)cc23)CC1. The number of rotatable bonds is 5. The minimum atomic E-state index is -0.285. The fraction of sp³-hybridized carbons (Fsp3) is 0.292. The number of hydrogen-bond acceptors (Lipinski definition) is 2. The van der Waals surface area contributed by atoms with Crippen LogP contribution in [0.3, 0.4) is 0 Å². The number of carbonyl (C=O) groups is 1. The molecule has 0 bridgehead atoms. The van der Waals surface area contributed by atoms with Crippen LogP contribution in [-0.4, -0.2) is 60.1 Å². The molecule has 2 N–H and O–H groups in total. The number of halogens is 2. The van der Waals surface area contributed by atoms with Crippen LogP contribution in [0.1, 0.15) is 12.0 Å². The lowest BCUT2D eigenvalue weighted by Gasteiger charge is -2.28. The highest BCUT2D eigenvalue weighted by atomic mass is 19.1. The second-order valence-corrected chi connectivity index (χ2v) is 8.07. The second-order valence-electron chi connectivity index (χ2n) is 8.07. The molecule has 5 rings (SSSR count). The summed E-state index contributed by atoms with van der Waals surface area (Å²) in [5, 5.41) is 3.67. The smallest absolute Gasteiger partial charge is 0.317 e. The number of amides is 2. The van der Waals surface area contributed by atoms with Gasteiger partial charge in [0.15, 0.2) is 0 Å². The number of fused-ring (bicyclic) bond motifs is 1. The Morgan fingerprint density at radius 2 is 1.77 bits per heavy atom. The number of aromatic amines is 1. The number of nitrogens with zero attached hydrogens (tertiary/aromatic N) is 2. The van der Waals surface area contributed by atoms with Crippen LogP contribution < -0.4 is 5.32 Å². The van der Waals surface area contributed by atoms with Crippen molar-refractivity contribution in [1.29, 1.82) is 0 Å². The molecule has 0 saturated carbocycles. The minimum Gasteiger partial charge on any atom is -0.354 e. The van der Waals surface area contributed by atoms with Crippen LogP contribution in [0.25, 0.3) is 27.7 Å². The van der Waals surface area contributed by atoms with Gasteiger partial charge in [-0.3, -0.25) is 4.90 Å². The minimum absolute atomic E-state index is 0.0120. The Labute approximate surface area is 179 Å². The molecule has 3 heterocycles. The molecule has 0 radical (unpaired) electrons. The maximum absolute atomic E-state index is 14.1. The number of hydrogen-bond donors (Lipinski definition) is 2. The summed E-state index contributed by atoms with van der Waals surface area (Å²) in [7, 11) is 0. The Morgan fingerprint density at radius 3 is 2.48 bits per heavy atom. The molecule has 1 saturated heterocycles. The highest BCUT2D eigenvalue weighted by Crippen LogP contribution is 2.38. The van der Waals surface area contributed by atoms with E-state index in [0.717, 1.165) is 65.9 Å². The molecule has 1 aromatic heterocycles. The van der Waals surface area contributed by atoms with Gasteiger partial charge in [-0.05, 0) is 60.0 Å². The Kier molecular flexibility index (Phi) is 5.19. The Balaban J connectivity index is 1.43. The van der Waals surface area contributed by atoms with E-state index < -0.39 is 0 Å². The summed E-state index contributed by atoms with van der Waals surface area (Å²) in [4.78, 5) is 19.3. The quantitative estimate of drug-likeness (QED) is 0.647. The lowest BCUT2D eigenvalue weighted by Crippen LogP contribution is -2.38. The van der Waals surface area contributed by atoms with Gasteiger partial charge >= 0.3 is 6.03 Å². The zero-order chi connectivity index (χ0) is 21.4. The predicted octanol–water partition coefficient (Wildman–Crippen LogP) is 4.23. The maximum atomic E-state index is 14.1. The van der Waals surface area contributed by atoms with Crippen molar-refractivity contribution in [2.24, 2.45) is 0 Å². The number of benzene rings is 2. The number of aromatic nitrogens is 1. The van der Waals surface area contributed by atoms with Gasteiger partial charge in [-0.2, -0.15) is 0 Å². The van der Waals surface area contributed by atoms with Crippen molar-refractivity contribution in [3.8, 4) is 11.3 Å². The maximum Gasteiger partial charge on any atom is 0.317 e. The molecule has 1 fully saturated rings. The molecule has 0 spiro atoms. The lowest BCUT2D eigenvalue weighted by molar-refractivity contribution is 0.205. The average Bonchev–Trinajstić information content (AvgIpc) is 3.36. The molecule has 3 aromatic rings. The van der Waals surface area contributed by atoms with E-state index in [9.17, 15) is 13.6 Å². The highest BCUT2D eigenvalue weighted by Gasteiger charge is 2.23. The van der Waals surface area contributed by atoms with Crippen molar-refractivity contribution < 1.29 is 13.6 Å². The third kappa shape index (κ3) is 3.93. The first kappa shape index (κ1) is 19.8. The molecule has 2 aromatic carbocycles. The van der Waals surface area contributed by atoms with E-state index in [-0.39, 0.29) is 17.7 Å². The molecule has 7 heteroatoms. The van der Waals surface area contributed by atoms with E-state index in [1.807, 2.05) is 4.90 Å². The van der Waals surface area contributed by atoms with Gasteiger partial charge in [0.25, 0.3) is 0 Å². The summed E-state index contributed by atoms with van der Waals surface area (Å²) >= 11 is 0. The summed E-state index contributed by atoms with van der Waals surface area (Å²) in [5.74, 6) is -0.563. The van der Waals surface area contributed by atoms with E-state index in [2.05, 4.69) is 21.3 Å². The predicted molar refractivity (Wildman–Crippen MR) is 118 cm³/mol. The Hall–Kier alpha value is -3.19. The highest BCUT2D eigenvalue weighted by molar-refractivity contribution is 6.00. The fourth-order valence-corrected chi connectivity index (χ4v) is 4.46. The van der Waals surface area contributed by atoms with Gasteiger partial charge in [0, 0.05) is 55.7 Å². The lowest BCUT2D eigenvalue weighted by atomic mass is 9.94. The summed E-state index contributed by atoms with van der Waals surface area (Å²) in [6, 6.07) is 11.1. The van der Waals surface area contributed by atoms with Crippen LogP contribution in [0.2, 0.25) is 0 Å². The first-order valence-electron chi connectivity index (χ1n) is 10.6. The van der Waals surface area contributed by atoms with Gasteiger partial charge in [0.1, 0.15) is 11.6 Å². The Morgan fingerprint density at radius 1 is 0.968 bits per heavy atom. The molecule has 160 valence electrons. The topological polar surface area (TPSA) is 51.4 Å². The molecule has 0 aliphatic carbocycles. The van der Waals surface area contributed by atoms with Gasteiger partial charge in [-0.25, -0.2) is 13.6 Å². The molecule has 2 aliphatic heterocycles. The standard InChI is InChI=1S/C24H24F2N4O/c25-18-3-1-17(2-4-18)23-22(20-15-19(26)5-6-21(20)28-23)16-7-10-29(11-8-16)13-14-30-12-9-27-24(30)31/h1-7,15,28H,8-14H2,(H,27,31). The fourth-order valence-electron chi connectivity index (χ4n) is 4.46. The first-order chi connectivity index (χ1) is 15.1. The number of nitrogens with one attached hydrogen (secondary N) is 2. The molecule has 5 nitrogen and oxygen atoms in total. The van der Waals surface area contributed by atoms with Crippen molar-refractivity contribution in [3.05, 3.63) is 65.7 Å². The zero-order valence-electron chi connectivity index (χ0n) is 17.1. The van der Waals surface area contributed by atoms with Crippen LogP contribution in [0, 0.1) is 11.6 Å². The second kappa shape index (κ2) is 8.15. The van der Waals surface area contributed by atoms with Gasteiger partial charge < -0.3 is 15.2 Å². The van der Waals surface area contributed by atoms with Crippen molar-refractivity contribution in [2.45, 2.75) is 6.42 Å². The van der Waals surface area contributed by atoms with Crippen LogP contribution in [0.15, 0.2) is 48.5 Å². The zero-order valence-corrected chi connectivity index (χ0v) is 17.1. The van der Waals surface area contributed by atoms with E-state index in [1.54, 1.807) is 24.3 Å². The molecule has 2 aliphatic rings. The normalized spacial score (nSPS) is 17.3. The van der Waals surface area contributed by atoms with Crippen LogP contribution in [-0.2, 0) is 0 Å². The number of urea groups is 1. The first-order valence-corrected chi connectivity index (χ1v) is 10.6. The van der Waals surface area contributed by atoms with Crippen molar-refractivity contribution >= 4 is 22.5 Å². The monoisotopic (exact) mass is 422 g/mol. The van der Waals surface area contributed by atoms with Gasteiger partial charge in [-0.15, -0.1) is 0 Å². The van der Waals surface area contributed by atoms with E-state index in [1.165, 1.54) is 18.2 Å². The summed E-state index contributed by atoms with van der Waals surface area (Å²) in [6.45, 7) is 4.66. The molecule has 0 atom stereocenters. The van der Waals surface area contributed by atoms with Gasteiger partial charge in [0.2, 0.25) is 0 Å². The number of H-pyrrole nitrogens is 1. The van der Waals surface area contributed by atoms with Gasteiger partial charge in [-0.1, -0.05) is 6.08 Å². The van der Waals surface area contributed by atoms with E-state index in [0.29, 0.717) is 13.1 Å². The molecular formula is C24H24F2N4O. The van der Waals surface area contributed by atoms with Crippen LogP contribution in [0.4, 0.5) is 13.6 Å². The molecular weight excluding hydrogens is 398 g/mol. The van der Waals surface area contributed by atoms with Crippen molar-refractivity contribution in [3.63, 3.8) is 0 Å². The number of carbonyl (C=O) groups excluding carboxylic acids is 1. The van der Waals surface area contributed by atoms with Gasteiger partial charge in [0.05, 0.1) is 5.69 Å².